The van der Waals surface area contributed by atoms with Crippen molar-refractivity contribution >= 4 is 84.8 Å². The van der Waals surface area contributed by atoms with Gasteiger partial charge in [-0.3, -0.25) is 0 Å². The Bertz CT molecular complexity index is 2380. The summed E-state index contributed by atoms with van der Waals surface area (Å²) in [5.74, 6) is 0. The van der Waals surface area contributed by atoms with Crippen LogP contribution in [-0.2, 0) is 12.3 Å². The molecule has 0 amide bonds. The molecule has 1 aromatic heterocycles. The molecule has 59 heavy (non-hydrogen) atoms. The Morgan fingerprint density at radius 2 is 0.492 bits per heavy atom. The Kier molecular flexibility index (Phi) is 11.0. The van der Waals surface area contributed by atoms with E-state index in [0.29, 0.717) is 0 Å². The molecule has 9 rings (SSSR count). The molecule has 0 bridgehead atoms. The van der Waals surface area contributed by atoms with Crippen LogP contribution in [0.25, 0.3) is 20.9 Å². The quantitative estimate of drug-likeness (QED) is 0.107. The molecule has 0 atom stereocenters. The fraction of sp³-hybridized carbons (Fsp3) is 0.0370. The first-order valence-electron chi connectivity index (χ1n) is 19.9. The number of thiophene rings is 1. The summed E-state index contributed by atoms with van der Waals surface area (Å²) in [6, 6.07) is 89.4. The first kappa shape index (κ1) is 39.7. The van der Waals surface area contributed by atoms with E-state index in [4.69, 9.17) is 0 Å². The van der Waals surface area contributed by atoms with Gasteiger partial charge in [-0.2, -0.15) is 0 Å². The van der Waals surface area contributed by atoms with Gasteiger partial charge in [0.05, 0.1) is 0 Å². The third-order valence-electron chi connectivity index (χ3n) is 11.8. The second kappa shape index (κ2) is 16.4. The zero-order valence-electron chi connectivity index (χ0n) is 32.6. The van der Waals surface area contributed by atoms with Crippen molar-refractivity contribution in [2.45, 2.75) is 12.3 Å². The van der Waals surface area contributed by atoms with Gasteiger partial charge in [-0.1, -0.05) is 0 Å². The molecule has 8 aromatic carbocycles. The van der Waals surface area contributed by atoms with Crippen LogP contribution < -0.4 is 31.8 Å². The molecule has 0 aliphatic heterocycles. The fourth-order valence-corrected chi connectivity index (χ4v) is 25.2. The summed E-state index contributed by atoms with van der Waals surface area (Å²) >= 11 is 11.1. The molecule has 0 fully saturated rings. The Labute approximate surface area is 369 Å². The Morgan fingerprint density at radius 1 is 0.271 bits per heavy atom. The number of benzene rings is 8. The third kappa shape index (κ3) is 7.12. The molecule has 0 nitrogen and oxygen atoms in total. The van der Waals surface area contributed by atoms with Gasteiger partial charge in [0.15, 0.2) is 0 Å². The van der Waals surface area contributed by atoms with E-state index in [2.05, 4.69) is 274 Å². The molecule has 1 heterocycles. The monoisotopic (exact) mass is 944 g/mol. The fourth-order valence-electron chi connectivity index (χ4n) is 8.76. The summed E-state index contributed by atoms with van der Waals surface area (Å²) < 4.78 is 0. The molecule has 0 saturated heterocycles. The van der Waals surface area contributed by atoms with E-state index in [0.717, 1.165) is 12.3 Å². The van der Waals surface area contributed by atoms with Crippen LogP contribution in [-0.4, -0.2) is 0 Å². The standard InChI is InChI=1S/C54H44Br2P2S/c55-57(47-19-7-1-8-20-47,48-21-9-2-10-22-48,49-23-11-3-12-24-49)41-43-31-35-45(36-32-43)53-39-40-54(59-53)46-37-33-44(34-38-46)42-58(56,50-25-13-4-14-26-50,51-27-15-5-16-28-51)52-29-17-6-18-30-52/h1-40H,41-42H2. The van der Waals surface area contributed by atoms with Crippen molar-refractivity contribution in [3.8, 4) is 20.9 Å². The van der Waals surface area contributed by atoms with Crippen LogP contribution in [0.5, 0.6) is 0 Å². The Morgan fingerprint density at radius 3 is 0.712 bits per heavy atom. The Balaban J connectivity index is 1.02. The summed E-state index contributed by atoms with van der Waals surface area (Å²) in [5.41, 5.74) is 5.08. The maximum absolute atomic E-state index is 4.64. The van der Waals surface area contributed by atoms with Crippen LogP contribution in [0.1, 0.15) is 11.1 Å². The number of hydrogen-bond acceptors (Lipinski definition) is 1. The van der Waals surface area contributed by atoms with Crippen LogP contribution in [0.2, 0.25) is 0 Å². The summed E-state index contributed by atoms with van der Waals surface area (Å²) in [4.78, 5) is 2.53. The number of hydrogen-bond donors (Lipinski definition) is 0. The van der Waals surface area contributed by atoms with Crippen LogP contribution in [0.4, 0.5) is 0 Å². The molecular weight excluding hydrogens is 902 g/mol. The zero-order valence-corrected chi connectivity index (χ0v) is 38.3. The minimum absolute atomic E-state index is 0.865. The van der Waals surface area contributed by atoms with Gasteiger partial charge in [-0.15, -0.1) is 0 Å². The van der Waals surface area contributed by atoms with Gasteiger partial charge in [-0.05, 0) is 0 Å². The molecule has 0 unspecified atom stereocenters. The van der Waals surface area contributed by atoms with E-state index in [1.807, 2.05) is 11.3 Å². The van der Waals surface area contributed by atoms with Gasteiger partial charge in [0.2, 0.25) is 0 Å². The van der Waals surface area contributed by atoms with Gasteiger partial charge in [0.25, 0.3) is 0 Å². The van der Waals surface area contributed by atoms with Crippen LogP contribution >= 0.6 is 52.9 Å². The third-order valence-corrected chi connectivity index (χ3v) is 32.0. The average Bonchev–Trinajstić information content (AvgIpc) is 3.82. The van der Waals surface area contributed by atoms with E-state index < -0.39 is 10.6 Å². The molecule has 0 aliphatic rings. The number of halogens is 2. The van der Waals surface area contributed by atoms with Crippen molar-refractivity contribution in [1.29, 1.82) is 0 Å². The van der Waals surface area contributed by atoms with Crippen LogP contribution in [0, 0.1) is 0 Å². The summed E-state index contributed by atoms with van der Waals surface area (Å²) in [6.45, 7) is 0. The van der Waals surface area contributed by atoms with Gasteiger partial charge in [0, 0.05) is 0 Å². The van der Waals surface area contributed by atoms with Gasteiger partial charge < -0.3 is 0 Å². The molecule has 0 spiro atoms. The SMILES string of the molecule is BrP(Cc1ccc(-c2ccc(-c3ccc(CP(Br)(c4ccccc4)(c4ccccc4)c4ccccc4)cc3)s2)cc1)(c1ccccc1)(c1ccccc1)c1ccccc1. The molecule has 290 valence electrons. The predicted octanol–water partition coefficient (Wildman–Crippen LogP) is 13.8. The van der Waals surface area contributed by atoms with Gasteiger partial charge >= 0.3 is 372 Å². The van der Waals surface area contributed by atoms with E-state index in [1.165, 1.54) is 63.8 Å². The van der Waals surface area contributed by atoms with Gasteiger partial charge in [-0.25, -0.2) is 0 Å². The Hall–Kier alpha value is -4.72. The molecule has 9 aromatic rings. The average molecular weight is 947 g/mol. The summed E-state index contributed by atoms with van der Waals surface area (Å²) in [7, 11) is 0. The van der Waals surface area contributed by atoms with Crippen LogP contribution in [0.15, 0.2) is 243 Å². The summed E-state index contributed by atoms with van der Waals surface area (Å²) in [5, 5.41) is 1.78. The van der Waals surface area contributed by atoms with E-state index in [9.17, 15) is 0 Å². The first-order chi connectivity index (χ1) is 28.9. The van der Waals surface area contributed by atoms with Crippen molar-refractivity contribution in [3.63, 3.8) is 0 Å². The molecule has 0 saturated carbocycles. The molecule has 5 heteroatoms. The first-order valence-corrected chi connectivity index (χ1v) is 29.6. The second-order valence-electron chi connectivity index (χ2n) is 15.3. The molecule has 0 aliphatic carbocycles. The minimum atomic E-state index is -3.09. The van der Waals surface area contributed by atoms with Crippen molar-refractivity contribution in [2.24, 2.45) is 0 Å². The van der Waals surface area contributed by atoms with Crippen molar-refractivity contribution < 1.29 is 0 Å². The molecule has 0 radical (unpaired) electrons. The van der Waals surface area contributed by atoms with E-state index in [1.54, 1.807) is 0 Å². The molecule has 0 N–H and O–H groups in total. The van der Waals surface area contributed by atoms with Crippen molar-refractivity contribution in [1.82, 2.24) is 0 Å². The van der Waals surface area contributed by atoms with E-state index in [-0.39, 0.29) is 0 Å². The van der Waals surface area contributed by atoms with E-state index >= 15 is 0 Å². The van der Waals surface area contributed by atoms with Crippen molar-refractivity contribution in [2.75, 3.05) is 0 Å². The van der Waals surface area contributed by atoms with Crippen molar-refractivity contribution in [3.05, 3.63) is 254 Å². The zero-order chi connectivity index (χ0) is 40.2. The van der Waals surface area contributed by atoms with Gasteiger partial charge in [0.1, 0.15) is 0 Å². The normalized spacial score (nSPS) is 13.1. The van der Waals surface area contributed by atoms with Crippen LogP contribution in [0.3, 0.4) is 0 Å². The summed E-state index contributed by atoms with van der Waals surface area (Å²) in [6.07, 6.45) is 1.73. The predicted molar refractivity (Wildman–Crippen MR) is 271 cm³/mol. The second-order valence-corrected chi connectivity index (χ2v) is 34.2. The topological polar surface area (TPSA) is 0 Å². The maximum atomic E-state index is 4.64. The molecular formula is C54H44Br2P2S. The number of rotatable bonds is 12.